The van der Waals surface area contributed by atoms with Gasteiger partial charge in [-0.2, -0.15) is 9.78 Å². The SMILES string of the molecule is CCC[C@@H](C)N1CC2(CCN(C(=O)c3cn[nH]c3-n3cnnn3)CC2)OC1=O. The fraction of sp³-hybridized carbons (Fsp3) is 0.647. The van der Waals surface area contributed by atoms with Gasteiger partial charge in [0.1, 0.15) is 17.5 Å². The van der Waals surface area contributed by atoms with Crippen LogP contribution in [0.4, 0.5) is 4.79 Å². The van der Waals surface area contributed by atoms with Crippen molar-refractivity contribution in [1.29, 1.82) is 0 Å². The first-order valence-electron chi connectivity index (χ1n) is 9.58. The molecule has 28 heavy (non-hydrogen) atoms. The second kappa shape index (κ2) is 7.21. The third kappa shape index (κ3) is 3.20. The molecule has 1 atom stereocenters. The van der Waals surface area contributed by atoms with E-state index < -0.39 is 5.60 Å². The number of H-pyrrole nitrogens is 1. The number of nitrogens with zero attached hydrogens (tertiary/aromatic N) is 7. The Kier molecular flexibility index (Phi) is 4.73. The van der Waals surface area contributed by atoms with Gasteiger partial charge in [-0.1, -0.05) is 13.3 Å². The fourth-order valence-corrected chi connectivity index (χ4v) is 3.98. The normalized spacial score (nSPS) is 19.9. The molecule has 2 amide bonds. The van der Waals surface area contributed by atoms with E-state index in [-0.39, 0.29) is 18.0 Å². The predicted octanol–water partition coefficient (Wildman–Crippen LogP) is 1.00. The molecule has 4 heterocycles. The molecule has 0 unspecified atom stereocenters. The summed E-state index contributed by atoms with van der Waals surface area (Å²) in [5.41, 5.74) is -0.0878. The maximum atomic E-state index is 13.0. The van der Waals surface area contributed by atoms with Crippen LogP contribution in [0.3, 0.4) is 0 Å². The zero-order valence-corrected chi connectivity index (χ0v) is 16.0. The number of nitrogens with one attached hydrogen (secondary N) is 1. The van der Waals surface area contributed by atoms with Crippen LogP contribution in [0, 0.1) is 0 Å². The van der Waals surface area contributed by atoms with Gasteiger partial charge in [0.25, 0.3) is 5.91 Å². The summed E-state index contributed by atoms with van der Waals surface area (Å²) in [5, 5.41) is 17.7. The van der Waals surface area contributed by atoms with E-state index in [1.807, 2.05) is 4.90 Å². The van der Waals surface area contributed by atoms with Crippen LogP contribution >= 0.6 is 0 Å². The molecule has 4 rings (SSSR count). The zero-order chi connectivity index (χ0) is 19.7. The molecule has 0 aromatic carbocycles. The number of rotatable bonds is 5. The van der Waals surface area contributed by atoms with Crippen LogP contribution in [-0.4, -0.2) is 83.5 Å². The molecule has 2 aromatic heterocycles. The molecule has 0 bridgehead atoms. The Hall–Kier alpha value is -2.98. The zero-order valence-electron chi connectivity index (χ0n) is 16.0. The van der Waals surface area contributed by atoms with E-state index in [1.165, 1.54) is 17.2 Å². The van der Waals surface area contributed by atoms with Crippen molar-refractivity contribution >= 4 is 12.0 Å². The van der Waals surface area contributed by atoms with E-state index in [4.69, 9.17) is 4.74 Å². The molecule has 2 aliphatic heterocycles. The number of amides is 2. The second-order valence-electron chi connectivity index (χ2n) is 7.50. The lowest BCUT2D eigenvalue weighted by Crippen LogP contribution is -2.49. The van der Waals surface area contributed by atoms with Crippen molar-refractivity contribution in [3.63, 3.8) is 0 Å². The number of aromatic nitrogens is 6. The summed E-state index contributed by atoms with van der Waals surface area (Å²) in [6, 6.07) is 0.168. The van der Waals surface area contributed by atoms with Crippen LogP contribution in [0.25, 0.3) is 5.82 Å². The molecular formula is C17H24N8O3. The fourth-order valence-electron chi connectivity index (χ4n) is 3.98. The summed E-state index contributed by atoms with van der Waals surface area (Å²) in [7, 11) is 0. The highest BCUT2D eigenvalue weighted by atomic mass is 16.6. The van der Waals surface area contributed by atoms with Gasteiger partial charge in [0.15, 0.2) is 5.82 Å². The molecule has 0 aliphatic carbocycles. The van der Waals surface area contributed by atoms with E-state index in [2.05, 4.69) is 39.6 Å². The van der Waals surface area contributed by atoms with E-state index in [1.54, 1.807) is 4.90 Å². The van der Waals surface area contributed by atoms with Crippen LogP contribution in [-0.2, 0) is 4.74 Å². The van der Waals surface area contributed by atoms with Gasteiger partial charge in [-0.05, 0) is 23.8 Å². The van der Waals surface area contributed by atoms with Gasteiger partial charge in [-0.3, -0.25) is 9.89 Å². The van der Waals surface area contributed by atoms with Crippen molar-refractivity contribution in [2.75, 3.05) is 19.6 Å². The molecule has 2 aromatic rings. The number of aromatic amines is 1. The summed E-state index contributed by atoms with van der Waals surface area (Å²) in [6.07, 6.45) is 5.87. The standard InChI is InChI=1S/C17H24N8O3/c1-3-4-12(2)24-10-17(28-16(24)27)5-7-23(8-6-17)15(26)13-9-18-20-14(13)25-11-19-21-22-25/h9,11-12H,3-8,10H2,1-2H3,(H,18,20)/t12-/m1/s1. The van der Waals surface area contributed by atoms with Gasteiger partial charge in [-0.25, -0.2) is 4.79 Å². The molecule has 2 saturated heterocycles. The summed E-state index contributed by atoms with van der Waals surface area (Å²) < 4.78 is 7.14. The molecular weight excluding hydrogens is 364 g/mol. The van der Waals surface area contributed by atoms with Crippen LogP contribution < -0.4 is 0 Å². The lowest BCUT2D eigenvalue weighted by atomic mass is 9.90. The Balaban J connectivity index is 1.42. The third-order valence-corrected chi connectivity index (χ3v) is 5.62. The number of hydrogen-bond donors (Lipinski definition) is 1. The van der Waals surface area contributed by atoms with Gasteiger partial charge in [0.2, 0.25) is 0 Å². The lowest BCUT2D eigenvalue weighted by molar-refractivity contribution is 0.00307. The highest BCUT2D eigenvalue weighted by molar-refractivity contribution is 5.97. The molecule has 2 aliphatic rings. The molecule has 2 fully saturated rings. The van der Waals surface area contributed by atoms with Crippen molar-refractivity contribution in [2.45, 2.75) is 51.2 Å². The summed E-state index contributed by atoms with van der Waals surface area (Å²) in [5.74, 6) is 0.289. The van der Waals surface area contributed by atoms with Gasteiger partial charge in [-0.15, -0.1) is 5.10 Å². The summed E-state index contributed by atoms with van der Waals surface area (Å²) in [6.45, 7) is 5.79. The first-order valence-corrected chi connectivity index (χ1v) is 9.58. The summed E-state index contributed by atoms with van der Waals surface area (Å²) >= 11 is 0. The first-order chi connectivity index (χ1) is 13.5. The molecule has 11 nitrogen and oxygen atoms in total. The molecule has 1 N–H and O–H groups in total. The average Bonchev–Trinajstić information content (AvgIpc) is 3.42. The highest BCUT2D eigenvalue weighted by Gasteiger charge is 2.48. The van der Waals surface area contributed by atoms with E-state index in [9.17, 15) is 9.59 Å². The van der Waals surface area contributed by atoms with E-state index in [0.29, 0.717) is 43.9 Å². The number of hydrogen-bond acceptors (Lipinski definition) is 7. The second-order valence-corrected chi connectivity index (χ2v) is 7.50. The molecule has 0 radical (unpaired) electrons. The molecule has 150 valence electrons. The Morgan fingerprint density at radius 1 is 1.39 bits per heavy atom. The number of tetrazole rings is 1. The van der Waals surface area contributed by atoms with Crippen molar-refractivity contribution < 1.29 is 14.3 Å². The van der Waals surface area contributed by atoms with Crippen molar-refractivity contribution in [2.24, 2.45) is 0 Å². The number of ether oxygens (including phenoxy) is 1. The highest BCUT2D eigenvalue weighted by Crippen LogP contribution is 2.35. The maximum Gasteiger partial charge on any atom is 0.410 e. The number of carbonyl (C=O) groups excluding carboxylic acids is 2. The minimum absolute atomic E-state index is 0.144. The monoisotopic (exact) mass is 388 g/mol. The number of likely N-dealkylation sites (tertiary alicyclic amines) is 1. The topological polar surface area (TPSA) is 122 Å². The van der Waals surface area contributed by atoms with Gasteiger partial charge < -0.3 is 14.5 Å². The predicted molar refractivity (Wildman–Crippen MR) is 96.7 cm³/mol. The average molecular weight is 388 g/mol. The third-order valence-electron chi connectivity index (χ3n) is 5.62. The van der Waals surface area contributed by atoms with Gasteiger partial charge >= 0.3 is 6.09 Å². The lowest BCUT2D eigenvalue weighted by Gasteiger charge is -2.37. The first kappa shape index (κ1) is 18.4. The Morgan fingerprint density at radius 3 is 2.86 bits per heavy atom. The van der Waals surface area contributed by atoms with E-state index >= 15 is 0 Å². The van der Waals surface area contributed by atoms with E-state index in [0.717, 1.165) is 12.8 Å². The largest absolute Gasteiger partial charge is 0.441 e. The van der Waals surface area contributed by atoms with Gasteiger partial charge in [0.05, 0.1) is 12.7 Å². The molecule has 0 saturated carbocycles. The minimum atomic E-state index is -0.495. The van der Waals surface area contributed by atoms with Crippen LogP contribution in [0.1, 0.15) is 49.9 Å². The Bertz CT molecular complexity index is 840. The molecule has 11 heteroatoms. The summed E-state index contributed by atoms with van der Waals surface area (Å²) in [4.78, 5) is 28.9. The van der Waals surface area contributed by atoms with Crippen LogP contribution in [0.15, 0.2) is 12.5 Å². The van der Waals surface area contributed by atoms with Crippen LogP contribution in [0.2, 0.25) is 0 Å². The molecule has 1 spiro atoms. The number of carbonyl (C=O) groups is 2. The van der Waals surface area contributed by atoms with Crippen molar-refractivity contribution in [3.05, 3.63) is 18.1 Å². The van der Waals surface area contributed by atoms with Crippen LogP contribution in [0.5, 0.6) is 0 Å². The van der Waals surface area contributed by atoms with Crippen molar-refractivity contribution in [3.8, 4) is 5.82 Å². The smallest absolute Gasteiger partial charge is 0.410 e. The maximum absolute atomic E-state index is 13.0. The quantitative estimate of drug-likeness (QED) is 0.811. The number of piperidine rings is 1. The van der Waals surface area contributed by atoms with Crippen molar-refractivity contribution in [1.82, 2.24) is 40.2 Å². The minimum Gasteiger partial charge on any atom is -0.441 e. The Morgan fingerprint density at radius 2 is 2.18 bits per heavy atom. The Labute approximate surface area is 162 Å². The van der Waals surface area contributed by atoms with Gasteiger partial charge in [0, 0.05) is 32.0 Å².